The molecule has 9 aromatic carbocycles. The number of aromatic hydroxyl groups is 1. The summed E-state index contributed by atoms with van der Waals surface area (Å²) in [5, 5.41) is 22.4. The molecular formula is C42H19B7O. The first kappa shape index (κ1) is 30.8. The molecule has 0 saturated carbocycles. The first-order valence-corrected chi connectivity index (χ1v) is 16.2. The molecule has 0 aliphatic rings. The largest absolute Gasteiger partial charge is 0.508 e. The molecule has 0 heterocycles. The topological polar surface area (TPSA) is 20.2 Å². The third kappa shape index (κ3) is 4.24. The van der Waals surface area contributed by atoms with Crippen LogP contribution in [0.25, 0.3) is 86.9 Å². The lowest BCUT2D eigenvalue weighted by Gasteiger charge is -2.28. The van der Waals surface area contributed by atoms with Gasteiger partial charge in [-0.25, -0.2) is 0 Å². The summed E-state index contributed by atoms with van der Waals surface area (Å²) in [5.74, 6) is -0.220. The van der Waals surface area contributed by atoms with Crippen LogP contribution in [-0.4, -0.2) is 60.0 Å². The molecule has 1 nitrogen and oxygen atoms in total. The monoisotopic (exact) mass is 616 g/mol. The zero-order valence-electron chi connectivity index (χ0n) is 26.9. The van der Waals surface area contributed by atoms with Gasteiger partial charge in [-0.2, -0.15) is 0 Å². The van der Waals surface area contributed by atoms with Crippen LogP contribution in [0.3, 0.4) is 0 Å². The summed E-state index contributed by atoms with van der Waals surface area (Å²) in [6.07, 6.45) is 0. The minimum absolute atomic E-state index is 0.0350. The van der Waals surface area contributed by atoms with Gasteiger partial charge in [-0.1, -0.05) is 113 Å². The molecule has 0 spiro atoms. The number of phenols is 1. The molecule has 0 aliphatic heterocycles. The number of benzene rings is 9. The highest BCUT2D eigenvalue weighted by Crippen LogP contribution is 2.46. The Morgan fingerprint density at radius 2 is 0.880 bits per heavy atom. The van der Waals surface area contributed by atoms with E-state index in [2.05, 4.69) is 42.5 Å². The summed E-state index contributed by atoms with van der Waals surface area (Å²) in [4.78, 5) is 0. The molecule has 0 atom stereocenters. The van der Waals surface area contributed by atoms with Gasteiger partial charge in [0.25, 0.3) is 0 Å². The standard InChI is InChI=1S/C42H19B7O/c43-35-31-29(24-13-12-19-6-1-2-7-20(19)17-24)32-34(42(50)41(49)40(48)36(32)44)30(33(31)37(45)39(47)38(35)46)27-11-5-10-25-26(27)15-14-23-16-21-8-3-4-9-22(21)18-28(23)25/h1-18,50H. The van der Waals surface area contributed by atoms with Crippen LogP contribution in [-0.2, 0) is 0 Å². The molecule has 214 valence electrons. The number of phenolic OH excluding ortho intramolecular Hbond substituents is 1. The van der Waals surface area contributed by atoms with Crippen LogP contribution in [0.5, 0.6) is 5.75 Å². The fourth-order valence-corrected chi connectivity index (χ4v) is 7.80. The van der Waals surface area contributed by atoms with Crippen molar-refractivity contribution in [3.63, 3.8) is 0 Å². The SMILES string of the molecule is [B]c1c([B])c([B])c2c(-c3cccc4c3ccc3cc5ccccc5cc34)c3c(O)c([B])c([B])c([B])c3c(-c3ccc4ccccc4c3)c2c1[B]. The van der Waals surface area contributed by atoms with Gasteiger partial charge in [0.05, 0.1) is 0 Å². The Hall–Kier alpha value is -5.21. The van der Waals surface area contributed by atoms with Gasteiger partial charge in [0.15, 0.2) is 0 Å². The summed E-state index contributed by atoms with van der Waals surface area (Å²) in [6, 6.07) is 37.0. The van der Waals surface area contributed by atoms with Crippen molar-refractivity contribution in [3.8, 4) is 28.0 Å². The third-order valence-electron chi connectivity index (χ3n) is 10.3. The minimum atomic E-state index is -0.220. The Kier molecular flexibility index (Phi) is 6.88. The van der Waals surface area contributed by atoms with Crippen LogP contribution in [0.2, 0.25) is 0 Å². The Morgan fingerprint density at radius 1 is 0.340 bits per heavy atom. The van der Waals surface area contributed by atoms with E-state index in [9.17, 15) is 5.11 Å². The van der Waals surface area contributed by atoms with Gasteiger partial charge in [0.1, 0.15) is 60.7 Å². The Balaban J connectivity index is 1.54. The predicted octanol–water partition coefficient (Wildman–Crippen LogP) is 3.20. The van der Waals surface area contributed by atoms with Gasteiger partial charge in [-0.15, -0.1) is 16.4 Å². The van der Waals surface area contributed by atoms with Crippen LogP contribution >= 0.6 is 0 Å². The molecule has 9 aromatic rings. The predicted molar refractivity (Wildman–Crippen MR) is 222 cm³/mol. The zero-order chi connectivity index (χ0) is 34.6. The fraction of sp³-hybridized carbons (Fsp3) is 0. The number of rotatable bonds is 2. The molecule has 8 heteroatoms. The lowest BCUT2D eigenvalue weighted by atomic mass is 9.61. The Morgan fingerprint density at radius 3 is 1.56 bits per heavy atom. The normalized spacial score (nSPS) is 11.8. The maximum atomic E-state index is 12.1. The second-order valence-corrected chi connectivity index (χ2v) is 12.9. The van der Waals surface area contributed by atoms with E-state index in [0.29, 0.717) is 32.7 Å². The molecule has 9 rings (SSSR count). The van der Waals surface area contributed by atoms with Gasteiger partial charge >= 0.3 is 0 Å². The lowest BCUT2D eigenvalue weighted by Crippen LogP contribution is -2.48. The molecule has 0 unspecified atom stereocenters. The summed E-state index contributed by atoms with van der Waals surface area (Å²) >= 11 is 0. The average Bonchev–Trinajstić information content (AvgIpc) is 3.15. The van der Waals surface area contributed by atoms with Gasteiger partial charge in [0.2, 0.25) is 0 Å². The van der Waals surface area contributed by atoms with E-state index in [1.165, 1.54) is 0 Å². The smallest absolute Gasteiger partial charge is 0.118 e. The highest BCUT2D eigenvalue weighted by atomic mass is 16.3. The quantitative estimate of drug-likeness (QED) is 0.180. The second kappa shape index (κ2) is 11.2. The highest BCUT2D eigenvalue weighted by molar-refractivity contribution is 6.69. The molecule has 1 N–H and O–H groups in total. The van der Waals surface area contributed by atoms with E-state index in [-0.39, 0.29) is 44.0 Å². The average molecular weight is 615 g/mol. The van der Waals surface area contributed by atoms with E-state index in [4.69, 9.17) is 54.9 Å². The van der Waals surface area contributed by atoms with Crippen molar-refractivity contribution in [2.75, 3.05) is 0 Å². The molecule has 0 bridgehead atoms. The maximum Gasteiger partial charge on any atom is 0.118 e. The van der Waals surface area contributed by atoms with Crippen molar-refractivity contribution in [2.24, 2.45) is 0 Å². The van der Waals surface area contributed by atoms with Gasteiger partial charge < -0.3 is 5.11 Å². The minimum Gasteiger partial charge on any atom is -0.508 e. The molecule has 0 aliphatic carbocycles. The Labute approximate surface area is 298 Å². The van der Waals surface area contributed by atoms with Crippen LogP contribution in [0.15, 0.2) is 109 Å². The van der Waals surface area contributed by atoms with E-state index >= 15 is 0 Å². The summed E-state index contributed by atoms with van der Waals surface area (Å²) in [5.41, 5.74) is 3.71. The first-order valence-electron chi connectivity index (χ1n) is 16.2. The number of hydrogen-bond acceptors (Lipinski definition) is 1. The fourth-order valence-electron chi connectivity index (χ4n) is 7.80. The van der Waals surface area contributed by atoms with E-state index in [1.54, 1.807) is 0 Å². The van der Waals surface area contributed by atoms with Crippen molar-refractivity contribution < 1.29 is 5.11 Å². The second-order valence-electron chi connectivity index (χ2n) is 12.9. The summed E-state index contributed by atoms with van der Waals surface area (Å²) in [6.45, 7) is 0. The van der Waals surface area contributed by atoms with Crippen molar-refractivity contribution in [1.29, 1.82) is 0 Å². The number of fused-ring (bicyclic) bond motifs is 7. The van der Waals surface area contributed by atoms with E-state index in [1.807, 2.05) is 66.7 Å². The van der Waals surface area contributed by atoms with E-state index < -0.39 is 0 Å². The van der Waals surface area contributed by atoms with Crippen molar-refractivity contribution in [1.82, 2.24) is 0 Å². The molecule has 0 fully saturated rings. The molecule has 14 radical (unpaired) electrons. The third-order valence-corrected chi connectivity index (χ3v) is 10.3. The van der Waals surface area contributed by atoms with Crippen molar-refractivity contribution in [3.05, 3.63) is 109 Å². The van der Waals surface area contributed by atoms with Crippen molar-refractivity contribution in [2.45, 2.75) is 0 Å². The van der Waals surface area contributed by atoms with Gasteiger partial charge in [-0.3, -0.25) is 0 Å². The van der Waals surface area contributed by atoms with E-state index in [0.717, 1.165) is 54.2 Å². The Bertz CT molecular complexity index is 2890. The molecule has 0 amide bonds. The lowest BCUT2D eigenvalue weighted by molar-refractivity contribution is 0.486. The van der Waals surface area contributed by atoms with Crippen LogP contribution < -0.4 is 38.2 Å². The van der Waals surface area contributed by atoms with Crippen LogP contribution in [0.4, 0.5) is 0 Å². The molecular weight excluding hydrogens is 596 g/mol. The highest BCUT2D eigenvalue weighted by Gasteiger charge is 2.26. The molecule has 0 saturated heterocycles. The summed E-state index contributed by atoms with van der Waals surface area (Å²) < 4.78 is 0. The zero-order valence-corrected chi connectivity index (χ0v) is 26.9. The molecule has 50 heavy (non-hydrogen) atoms. The number of hydrogen-bond donors (Lipinski definition) is 1. The van der Waals surface area contributed by atoms with Crippen molar-refractivity contribution >= 4 is 158 Å². The summed E-state index contributed by atoms with van der Waals surface area (Å²) in [7, 11) is 47.1. The van der Waals surface area contributed by atoms with Crippen LogP contribution in [0.1, 0.15) is 0 Å². The first-order chi connectivity index (χ1) is 24.2. The maximum absolute atomic E-state index is 12.1. The van der Waals surface area contributed by atoms with Gasteiger partial charge in [0, 0.05) is 10.9 Å². The molecule has 0 aromatic heterocycles. The van der Waals surface area contributed by atoms with Crippen LogP contribution in [0, 0.1) is 0 Å². The van der Waals surface area contributed by atoms with Gasteiger partial charge in [-0.05, 0) is 94.1 Å².